The summed E-state index contributed by atoms with van der Waals surface area (Å²) in [5, 5.41) is 0.606. The standard InChI is InChI=1S/C14H15ClO3/c1-3-18-14(17)9-13(16)10(2)7-11-5-4-6-12(15)8-11/h4-8H,3,9H2,1-2H3. The number of carbonyl (C=O) groups excluding carboxylic acids is 2. The Kier molecular flexibility index (Phi) is 5.59. The lowest BCUT2D eigenvalue weighted by Gasteiger charge is -2.02. The first kappa shape index (κ1) is 14.5. The lowest BCUT2D eigenvalue weighted by atomic mass is 10.1. The van der Waals surface area contributed by atoms with Crippen LogP contribution < -0.4 is 0 Å². The second-order valence-corrected chi connectivity index (χ2v) is 4.22. The summed E-state index contributed by atoms with van der Waals surface area (Å²) in [4.78, 5) is 22.9. The van der Waals surface area contributed by atoms with E-state index in [-0.39, 0.29) is 18.8 Å². The van der Waals surface area contributed by atoms with Crippen molar-refractivity contribution in [2.45, 2.75) is 20.3 Å². The predicted octanol–water partition coefficient (Wildman–Crippen LogP) is 3.27. The highest BCUT2D eigenvalue weighted by Crippen LogP contribution is 2.14. The van der Waals surface area contributed by atoms with Crippen LogP contribution in [0.4, 0.5) is 0 Å². The van der Waals surface area contributed by atoms with Crippen molar-refractivity contribution in [3.05, 3.63) is 40.4 Å². The lowest BCUT2D eigenvalue weighted by Crippen LogP contribution is -2.11. The minimum atomic E-state index is -0.499. The Bertz CT molecular complexity index is 478. The van der Waals surface area contributed by atoms with E-state index in [1.807, 2.05) is 6.07 Å². The fraction of sp³-hybridized carbons (Fsp3) is 0.286. The Morgan fingerprint density at radius 2 is 2.11 bits per heavy atom. The molecule has 0 N–H and O–H groups in total. The Morgan fingerprint density at radius 3 is 2.72 bits per heavy atom. The van der Waals surface area contributed by atoms with E-state index in [2.05, 4.69) is 0 Å². The van der Waals surface area contributed by atoms with Crippen LogP contribution in [0.3, 0.4) is 0 Å². The Hall–Kier alpha value is -1.61. The summed E-state index contributed by atoms with van der Waals surface area (Å²) in [7, 11) is 0. The summed E-state index contributed by atoms with van der Waals surface area (Å²) < 4.78 is 4.72. The van der Waals surface area contributed by atoms with Crippen molar-refractivity contribution >= 4 is 29.4 Å². The lowest BCUT2D eigenvalue weighted by molar-refractivity contribution is -0.144. The van der Waals surface area contributed by atoms with Gasteiger partial charge in [-0.1, -0.05) is 23.7 Å². The molecule has 0 spiro atoms. The van der Waals surface area contributed by atoms with Crippen molar-refractivity contribution in [2.75, 3.05) is 6.61 Å². The van der Waals surface area contributed by atoms with Crippen molar-refractivity contribution in [3.8, 4) is 0 Å². The van der Waals surface area contributed by atoms with E-state index >= 15 is 0 Å². The SMILES string of the molecule is CCOC(=O)CC(=O)C(C)=Cc1cccc(Cl)c1. The topological polar surface area (TPSA) is 43.4 Å². The molecular weight excluding hydrogens is 252 g/mol. The molecule has 1 rings (SSSR count). The number of Topliss-reactive ketones (excluding diaryl/α,β-unsaturated/α-hetero) is 1. The van der Waals surface area contributed by atoms with Crippen LogP contribution in [0.25, 0.3) is 6.08 Å². The number of rotatable bonds is 5. The van der Waals surface area contributed by atoms with Crippen LogP contribution in [0.1, 0.15) is 25.8 Å². The van der Waals surface area contributed by atoms with Gasteiger partial charge in [0.2, 0.25) is 0 Å². The van der Waals surface area contributed by atoms with Gasteiger partial charge in [-0.3, -0.25) is 9.59 Å². The van der Waals surface area contributed by atoms with Crippen molar-refractivity contribution in [1.82, 2.24) is 0 Å². The molecule has 0 atom stereocenters. The number of benzene rings is 1. The highest BCUT2D eigenvalue weighted by molar-refractivity contribution is 6.30. The Labute approximate surface area is 111 Å². The normalized spacial score (nSPS) is 11.2. The maximum absolute atomic E-state index is 11.7. The highest BCUT2D eigenvalue weighted by atomic mass is 35.5. The Balaban J connectivity index is 2.71. The minimum absolute atomic E-state index is 0.225. The molecule has 0 aromatic heterocycles. The average Bonchev–Trinajstić information content (AvgIpc) is 2.29. The first-order valence-corrected chi connectivity index (χ1v) is 6.03. The van der Waals surface area contributed by atoms with Gasteiger partial charge in [0, 0.05) is 5.02 Å². The zero-order valence-corrected chi connectivity index (χ0v) is 11.2. The summed E-state index contributed by atoms with van der Waals surface area (Å²) in [6, 6.07) is 7.15. The minimum Gasteiger partial charge on any atom is -0.466 e. The van der Waals surface area contributed by atoms with Gasteiger partial charge in [-0.25, -0.2) is 0 Å². The fourth-order valence-corrected chi connectivity index (χ4v) is 1.61. The number of esters is 1. The van der Waals surface area contributed by atoms with Gasteiger partial charge >= 0.3 is 5.97 Å². The molecule has 0 aliphatic heterocycles. The molecule has 0 aliphatic carbocycles. The van der Waals surface area contributed by atoms with Crippen molar-refractivity contribution in [2.24, 2.45) is 0 Å². The third kappa shape index (κ3) is 4.72. The number of hydrogen-bond donors (Lipinski definition) is 0. The summed E-state index contributed by atoms with van der Waals surface area (Å²) >= 11 is 5.85. The number of halogens is 1. The molecule has 4 heteroatoms. The third-order valence-electron chi connectivity index (χ3n) is 2.28. The van der Waals surface area contributed by atoms with Crippen LogP contribution in [-0.2, 0) is 14.3 Å². The van der Waals surface area contributed by atoms with E-state index in [4.69, 9.17) is 16.3 Å². The molecule has 0 radical (unpaired) electrons. The summed E-state index contributed by atoms with van der Waals surface area (Å²) in [6.07, 6.45) is 1.48. The molecule has 3 nitrogen and oxygen atoms in total. The average molecular weight is 267 g/mol. The maximum Gasteiger partial charge on any atom is 0.313 e. The summed E-state index contributed by atoms with van der Waals surface area (Å²) in [5.74, 6) is -0.741. The van der Waals surface area contributed by atoms with Crippen molar-refractivity contribution in [1.29, 1.82) is 0 Å². The highest BCUT2D eigenvalue weighted by Gasteiger charge is 2.11. The van der Waals surface area contributed by atoms with Gasteiger partial charge in [0.15, 0.2) is 5.78 Å². The Morgan fingerprint density at radius 1 is 1.39 bits per heavy atom. The van der Waals surface area contributed by atoms with Crippen LogP contribution in [0.15, 0.2) is 29.8 Å². The molecule has 0 aliphatic rings. The van der Waals surface area contributed by atoms with Gasteiger partial charge in [0.25, 0.3) is 0 Å². The quantitative estimate of drug-likeness (QED) is 0.467. The van der Waals surface area contributed by atoms with E-state index in [1.54, 1.807) is 38.1 Å². The molecule has 0 unspecified atom stereocenters. The summed E-state index contributed by atoms with van der Waals surface area (Å²) in [6.45, 7) is 3.66. The first-order chi connectivity index (χ1) is 8.52. The number of carbonyl (C=O) groups is 2. The molecule has 0 saturated carbocycles. The largest absolute Gasteiger partial charge is 0.466 e. The zero-order chi connectivity index (χ0) is 13.5. The smallest absolute Gasteiger partial charge is 0.313 e. The van der Waals surface area contributed by atoms with Crippen molar-refractivity contribution < 1.29 is 14.3 Å². The van der Waals surface area contributed by atoms with Gasteiger partial charge < -0.3 is 4.74 Å². The number of ether oxygens (including phenoxy) is 1. The van der Waals surface area contributed by atoms with E-state index in [1.165, 1.54) is 0 Å². The monoisotopic (exact) mass is 266 g/mol. The van der Waals surface area contributed by atoms with Gasteiger partial charge in [0.05, 0.1) is 6.61 Å². The summed E-state index contributed by atoms with van der Waals surface area (Å²) in [5.41, 5.74) is 1.34. The second-order valence-electron chi connectivity index (χ2n) is 3.79. The fourth-order valence-electron chi connectivity index (χ4n) is 1.41. The number of hydrogen-bond acceptors (Lipinski definition) is 3. The number of allylic oxidation sites excluding steroid dienone is 1. The van der Waals surface area contributed by atoms with Crippen LogP contribution in [-0.4, -0.2) is 18.4 Å². The first-order valence-electron chi connectivity index (χ1n) is 5.65. The number of ketones is 1. The zero-order valence-electron chi connectivity index (χ0n) is 10.4. The maximum atomic E-state index is 11.7. The van der Waals surface area contributed by atoms with Crippen LogP contribution >= 0.6 is 11.6 Å². The van der Waals surface area contributed by atoms with E-state index in [0.29, 0.717) is 10.6 Å². The predicted molar refractivity (Wildman–Crippen MR) is 71.4 cm³/mol. The van der Waals surface area contributed by atoms with Crippen LogP contribution in [0, 0.1) is 0 Å². The molecule has 96 valence electrons. The molecule has 0 bridgehead atoms. The second kappa shape index (κ2) is 6.97. The van der Waals surface area contributed by atoms with Gasteiger partial charge in [-0.15, -0.1) is 0 Å². The molecule has 1 aromatic carbocycles. The molecule has 18 heavy (non-hydrogen) atoms. The van der Waals surface area contributed by atoms with Gasteiger partial charge in [-0.2, -0.15) is 0 Å². The molecule has 0 saturated heterocycles. The van der Waals surface area contributed by atoms with E-state index in [0.717, 1.165) is 5.56 Å². The van der Waals surface area contributed by atoms with Crippen LogP contribution in [0.5, 0.6) is 0 Å². The van der Waals surface area contributed by atoms with Crippen molar-refractivity contribution in [3.63, 3.8) is 0 Å². The molecule has 1 aromatic rings. The van der Waals surface area contributed by atoms with Crippen LogP contribution in [0.2, 0.25) is 5.02 Å². The molecule has 0 fully saturated rings. The molecular formula is C14H15ClO3. The van der Waals surface area contributed by atoms with E-state index < -0.39 is 5.97 Å². The molecule has 0 heterocycles. The van der Waals surface area contributed by atoms with E-state index in [9.17, 15) is 9.59 Å². The van der Waals surface area contributed by atoms with Gasteiger partial charge in [0.1, 0.15) is 6.42 Å². The van der Waals surface area contributed by atoms with Gasteiger partial charge in [-0.05, 0) is 43.2 Å². The third-order valence-corrected chi connectivity index (χ3v) is 2.52. The molecule has 0 amide bonds.